The summed E-state index contributed by atoms with van der Waals surface area (Å²) in [5.74, 6) is 1.43. The minimum atomic E-state index is -0.410. The number of nitrogens with zero attached hydrogens (tertiary/aromatic N) is 2. The number of methoxy groups -OCH3 is 2. The Morgan fingerprint density at radius 2 is 1.67 bits per heavy atom. The second-order valence-electron chi connectivity index (χ2n) is 6.74. The number of hydrogen-bond acceptors (Lipinski definition) is 5. The number of aliphatic hydroxyl groups excluding tert-OH is 1. The van der Waals surface area contributed by atoms with Gasteiger partial charge in [0.2, 0.25) is 0 Å². The number of aromatic nitrogens is 1. The van der Waals surface area contributed by atoms with Crippen LogP contribution < -0.4 is 9.47 Å². The molecular formula is C22H26N2O3. The van der Waals surface area contributed by atoms with E-state index in [1.807, 2.05) is 37.3 Å². The summed E-state index contributed by atoms with van der Waals surface area (Å²) >= 11 is 0. The van der Waals surface area contributed by atoms with Gasteiger partial charge in [-0.1, -0.05) is 18.2 Å². The standard InChI is InChI=1S/C22H26N2O3/c1-16(25)13-24(15-18-7-9-21(26-2)22(12-18)27-3)14-17-6-8-20-19(11-17)5-4-10-23-20/h4-12,16,25H,13-15H2,1-3H3/t16-/m0/s1. The van der Waals surface area contributed by atoms with Crippen LogP contribution in [-0.2, 0) is 13.1 Å². The van der Waals surface area contributed by atoms with Gasteiger partial charge in [-0.15, -0.1) is 0 Å². The van der Waals surface area contributed by atoms with E-state index < -0.39 is 6.10 Å². The smallest absolute Gasteiger partial charge is 0.161 e. The largest absolute Gasteiger partial charge is 0.493 e. The third-order valence-electron chi connectivity index (χ3n) is 4.45. The molecule has 5 nitrogen and oxygen atoms in total. The van der Waals surface area contributed by atoms with E-state index in [2.05, 4.69) is 28.1 Å². The van der Waals surface area contributed by atoms with Crippen LogP contribution in [0.1, 0.15) is 18.1 Å². The molecular weight excluding hydrogens is 340 g/mol. The number of hydrogen-bond donors (Lipinski definition) is 1. The summed E-state index contributed by atoms with van der Waals surface area (Å²) in [6, 6.07) is 16.2. The third-order valence-corrected chi connectivity index (χ3v) is 4.45. The molecule has 3 rings (SSSR count). The number of aliphatic hydroxyl groups is 1. The molecule has 0 fully saturated rings. The van der Waals surface area contributed by atoms with Gasteiger partial charge in [0.25, 0.3) is 0 Å². The quantitative estimate of drug-likeness (QED) is 0.660. The van der Waals surface area contributed by atoms with Gasteiger partial charge in [-0.2, -0.15) is 0 Å². The lowest BCUT2D eigenvalue weighted by molar-refractivity contribution is 0.118. The third kappa shape index (κ3) is 4.96. The van der Waals surface area contributed by atoms with Crippen molar-refractivity contribution in [3.8, 4) is 11.5 Å². The number of rotatable bonds is 8. The Hall–Kier alpha value is -2.63. The van der Waals surface area contributed by atoms with Crippen molar-refractivity contribution >= 4 is 10.9 Å². The molecule has 0 amide bonds. The van der Waals surface area contributed by atoms with Gasteiger partial charge in [-0.3, -0.25) is 9.88 Å². The first-order valence-electron chi connectivity index (χ1n) is 9.04. The molecule has 3 aromatic rings. The monoisotopic (exact) mass is 366 g/mol. The minimum absolute atomic E-state index is 0.410. The molecule has 0 aliphatic rings. The van der Waals surface area contributed by atoms with E-state index in [0.29, 0.717) is 24.6 Å². The Bertz CT molecular complexity index is 896. The van der Waals surface area contributed by atoms with Crippen LogP contribution >= 0.6 is 0 Å². The first-order chi connectivity index (χ1) is 13.1. The van der Waals surface area contributed by atoms with Crippen LogP contribution in [0, 0.1) is 0 Å². The van der Waals surface area contributed by atoms with Crippen molar-refractivity contribution < 1.29 is 14.6 Å². The first kappa shape index (κ1) is 19.1. The van der Waals surface area contributed by atoms with Crippen molar-refractivity contribution in [2.24, 2.45) is 0 Å². The van der Waals surface area contributed by atoms with Gasteiger partial charge in [0.05, 0.1) is 25.8 Å². The number of ether oxygens (including phenoxy) is 2. The maximum atomic E-state index is 9.94. The summed E-state index contributed by atoms with van der Waals surface area (Å²) in [6.45, 7) is 3.84. The Morgan fingerprint density at radius 1 is 0.963 bits per heavy atom. The zero-order valence-electron chi connectivity index (χ0n) is 16.1. The van der Waals surface area contributed by atoms with Crippen LogP contribution in [0.15, 0.2) is 54.7 Å². The lowest BCUT2D eigenvalue weighted by Crippen LogP contribution is -2.30. The normalized spacial score (nSPS) is 12.3. The lowest BCUT2D eigenvalue weighted by atomic mass is 10.1. The molecule has 1 N–H and O–H groups in total. The average molecular weight is 366 g/mol. The predicted octanol–water partition coefficient (Wildman–Crippen LogP) is 3.64. The van der Waals surface area contributed by atoms with Crippen molar-refractivity contribution in [2.45, 2.75) is 26.1 Å². The maximum Gasteiger partial charge on any atom is 0.161 e. The van der Waals surface area contributed by atoms with Crippen molar-refractivity contribution in [1.82, 2.24) is 9.88 Å². The second-order valence-corrected chi connectivity index (χ2v) is 6.74. The Morgan fingerprint density at radius 3 is 2.37 bits per heavy atom. The van der Waals surface area contributed by atoms with Gasteiger partial charge in [0.1, 0.15) is 0 Å². The molecule has 0 bridgehead atoms. The molecule has 5 heteroatoms. The van der Waals surface area contributed by atoms with Gasteiger partial charge < -0.3 is 14.6 Å². The highest BCUT2D eigenvalue weighted by Crippen LogP contribution is 2.28. The van der Waals surface area contributed by atoms with Crippen LogP contribution in [0.2, 0.25) is 0 Å². The fourth-order valence-electron chi connectivity index (χ4n) is 3.28. The Kier molecular flexibility index (Phi) is 6.27. The lowest BCUT2D eigenvalue weighted by Gasteiger charge is -2.24. The zero-order valence-corrected chi connectivity index (χ0v) is 16.1. The van der Waals surface area contributed by atoms with Crippen LogP contribution in [0.3, 0.4) is 0 Å². The van der Waals surface area contributed by atoms with Crippen LogP contribution in [0.25, 0.3) is 10.9 Å². The van der Waals surface area contributed by atoms with E-state index >= 15 is 0 Å². The molecule has 1 atom stereocenters. The van der Waals surface area contributed by atoms with Crippen molar-refractivity contribution in [2.75, 3.05) is 20.8 Å². The Balaban J connectivity index is 1.80. The van der Waals surface area contributed by atoms with E-state index in [-0.39, 0.29) is 0 Å². The molecule has 1 heterocycles. The molecule has 0 saturated carbocycles. The highest BCUT2D eigenvalue weighted by molar-refractivity contribution is 5.78. The predicted molar refractivity (Wildman–Crippen MR) is 107 cm³/mol. The van der Waals surface area contributed by atoms with E-state index in [4.69, 9.17) is 9.47 Å². The summed E-state index contributed by atoms with van der Waals surface area (Å²) in [5, 5.41) is 11.1. The molecule has 0 radical (unpaired) electrons. The number of fused-ring (bicyclic) bond motifs is 1. The molecule has 1 aromatic heterocycles. The van der Waals surface area contributed by atoms with Gasteiger partial charge >= 0.3 is 0 Å². The molecule has 0 saturated heterocycles. The highest BCUT2D eigenvalue weighted by atomic mass is 16.5. The summed E-state index contributed by atoms with van der Waals surface area (Å²) < 4.78 is 10.7. The zero-order chi connectivity index (χ0) is 19.2. The molecule has 27 heavy (non-hydrogen) atoms. The highest BCUT2D eigenvalue weighted by Gasteiger charge is 2.13. The molecule has 0 unspecified atom stereocenters. The van der Waals surface area contributed by atoms with Gasteiger partial charge in [0.15, 0.2) is 11.5 Å². The molecule has 0 aliphatic heterocycles. The number of pyridine rings is 1. The summed E-state index contributed by atoms with van der Waals surface area (Å²) in [7, 11) is 3.27. The summed E-state index contributed by atoms with van der Waals surface area (Å²) in [6.07, 6.45) is 1.39. The van der Waals surface area contributed by atoms with Crippen molar-refractivity contribution in [1.29, 1.82) is 0 Å². The fraction of sp³-hybridized carbons (Fsp3) is 0.318. The molecule has 0 aliphatic carbocycles. The van der Waals surface area contributed by atoms with E-state index in [1.54, 1.807) is 20.4 Å². The topological polar surface area (TPSA) is 54.8 Å². The van der Waals surface area contributed by atoms with Crippen LogP contribution in [-0.4, -0.2) is 41.9 Å². The van der Waals surface area contributed by atoms with E-state index in [0.717, 1.165) is 23.0 Å². The molecule has 142 valence electrons. The summed E-state index contributed by atoms with van der Waals surface area (Å²) in [5.41, 5.74) is 3.29. The van der Waals surface area contributed by atoms with Crippen LogP contribution in [0.4, 0.5) is 0 Å². The first-order valence-corrected chi connectivity index (χ1v) is 9.04. The van der Waals surface area contributed by atoms with Crippen molar-refractivity contribution in [3.05, 3.63) is 65.9 Å². The Labute approximate surface area is 160 Å². The molecule has 0 spiro atoms. The average Bonchev–Trinajstić information content (AvgIpc) is 2.67. The maximum absolute atomic E-state index is 9.94. The van der Waals surface area contributed by atoms with E-state index in [9.17, 15) is 5.11 Å². The fourth-order valence-corrected chi connectivity index (χ4v) is 3.28. The summed E-state index contributed by atoms with van der Waals surface area (Å²) in [4.78, 5) is 6.60. The molecule has 2 aromatic carbocycles. The second kappa shape index (κ2) is 8.84. The van der Waals surface area contributed by atoms with Gasteiger partial charge in [0, 0.05) is 31.2 Å². The van der Waals surface area contributed by atoms with E-state index in [1.165, 1.54) is 5.56 Å². The van der Waals surface area contributed by atoms with Crippen LogP contribution in [0.5, 0.6) is 11.5 Å². The van der Waals surface area contributed by atoms with Gasteiger partial charge in [-0.25, -0.2) is 0 Å². The SMILES string of the molecule is COc1ccc(CN(Cc2ccc3ncccc3c2)C[C@H](C)O)cc1OC. The minimum Gasteiger partial charge on any atom is -0.493 e. The van der Waals surface area contributed by atoms with Gasteiger partial charge in [-0.05, 0) is 48.4 Å². The number of benzene rings is 2. The van der Waals surface area contributed by atoms with Crippen molar-refractivity contribution in [3.63, 3.8) is 0 Å².